The number of hydrogen-bond acceptors (Lipinski definition) is 4. The van der Waals surface area contributed by atoms with E-state index in [0.29, 0.717) is 12.3 Å². The van der Waals surface area contributed by atoms with Crippen LogP contribution in [-0.2, 0) is 11.2 Å². The smallest absolute Gasteiger partial charge is 0.286 e. The second-order valence-corrected chi connectivity index (χ2v) is 5.25. The molecule has 1 aliphatic rings. The van der Waals surface area contributed by atoms with Gasteiger partial charge in [-0.1, -0.05) is 12.1 Å². The van der Waals surface area contributed by atoms with E-state index >= 15 is 0 Å². The number of anilines is 1. The zero-order valence-electron chi connectivity index (χ0n) is 12.5. The van der Waals surface area contributed by atoms with Gasteiger partial charge < -0.3 is 19.4 Å². The summed E-state index contributed by atoms with van der Waals surface area (Å²) >= 11 is 0. The minimum Gasteiger partial charge on any atom is -0.459 e. The lowest BCUT2D eigenvalue weighted by Gasteiger charge is -2.28. The number of morpholine rings is 1. The predicted octanol–water partition coefficient (Wildman–Crippen LogP) is 2.09. The van der Waals surface area contributed by atoms with Crippen LogP contribution in [-0.4, -0.2) is 38.8 Å². The first-order valence-corrected chi connectivity index (χ1v) is 7.56. The molecule has 22 heavy (non-hydrogen) atoms. The average molecular weight is 300 g/mol. The van der Waals surface area contributed by atoms with Crippen LogP contribution >= 0.6 is 0 Å². The van der Waals surface area contributed by atoms with Crippen molar-refractivity contribution in [3.8, 4) is 0 Å². The Morgan fingerprint density at radius 2 is 1.91 bits per heavy atom. The number of benzene rings is 1. The van der Waals surface area contributed by atoms with E-state index in [1.54, 1.807) is 12.1 Å². The summed E-state index contributed by atoms with van der Waals surface area (Å²) in [6, 6.07) is 11.9. The Balaban J connectivity index is 1.47. The maximum absolute atomic E-state index is 11.7. The standard InChI is InChI=1S/C17H20N2O3/c20-17(16-2-1-11-22-16)18-8-7-14-3-5-15(6-4-14)19-9-12-21-13-10-19/h1-6,11H,7-10,12-13H2,(H,18,20). The van der Waals surface area contributed by atoms with Gasteiger partial charge in [0.05, 0.1) is 19.5 Å². The molecule has 116 valence electrons. The van der Waals surface area contributed by atoms with E-state index in [1.807, 2.05) is 0 Å². The molecule has 0 bridgehead atoms. The fourth-order valence-electron chi connectivity index (χ4n) is 2.51. The number of ether oxygens (including phenoxy) is 1. The Kier molecular flexibility index (Phi) is 4.75. The number of nitrogens with one attached hydrogen (secondary N) is 1. The largest absolute Gasteiger partial charge is 0.459 e. The lowest BCUT2D eigenvalue weighted by Crippen LogP contribution is -2.36. The molecule has 0 saturated carbocycles. The monoisotopic (exact) mass is 300 g/mol. The van der Waals surface area contributed by atoms with Crippen molar-refractivity contribution in [1.82, 2.24) is 5.32 Å². The summed E-state index contributed by atoms with van der Waals surface area (Å²) in [6.45, 7) is 4.06. The van der Waals surface area contributed by atoms with Gasteiger partial charge in [0.1, 0.15) is 0 Å². The van der Waals surface area contributed by atoms with Gasteiger partial charge in [-0.05, 0) is 36.2 Å². The van der Waals surface area contributed by atoms with Crippen molar-refractivity contribution >= 4 is 11.6 Å². The van der Waals surface area contributed by atoms with Crippen molar-refractivity contribution in [3.05, 3.63) is 54.0 Å². The molecule has 3 rings (SSSR count). The molecule has 0 atom stereocenters. The topological polar surface area (TPSA) is 54.7 Å². The Morgan fingerprint density at radius 3 is 2.59 bits per heavy atom. The molecule has 1 aliphatic heterocycles. The highest BCUT2D eigenvalue weighted by molar-refractivity contribution is 5.91. The van der Waals surface area contributed by atoms with E-state index in [2.05, 4.69) is 34.5 Å². The van der Waals surface area contributed by atoms with Crippen molar-refractivity contribution in [2.75, 3.05) is 37.7 Å². The third-order valence-electron chi connectivity index (χ3n) is 3.76. The predicted molar refractivity (Wildman–Crippen MR) is 84.2 cm³/mol. The number of rotatable bonds is 5. The molecule has 1 aromatic heterocycles. The molecule has 0 spiro atoms. The number of furan rings is 1. The Morgan fingerprint density at radius 1 is 1.14 bits per heavy atom. The van der Waals surface area contributed by atoms with E-state index in [1.165, 1.54) is 17.5 Å². The van der Waals surface area contributed by atoms with Crippen LogP contribution in [0, 0.1) is 0 Å². The summed E-state index contributed by atoms with van der Waals surface area (Å²) in [7, 11) is 0. The summed E-state index contributed by atoms with van der Waals surface area (Å²) < 4.78 is 10.4. The molecule has 2 aromatic rings. The molecule has 0 radical (unpaired) electrons. The first kappa shape index (κ1) is 14.7. The third-order valence-corrected chi connectivity index (χ3v) is 3.76. The maximum atomic E-state index is 11.7. The lowest BCUT2D eigenvalue weighted by atomic mass is 10.1. The molecule has 1 saturated heterocycles. The summed E-state index contributed by atoms with van der Waals surface area (Å²) in [5.41, 5.74) is 2.43. The molecular weight excluding hydrogens is 280 g/mol. The van der Waals surface area contributed by atoms with Crippen molar-refractivity contribution < 1.29 is 13.9 Å². The first-order chi connectivity index (χ1) is 10.8. The van der Waals surface area contributed by atoms with Crippen molar-refractivity contribution in [2.24, 2.45) is 0 Å². The van der Waals surface area contributed by atoms with Gasteiger partial charge in [-0.25, -0.2) is 0 Å². The van der Waals surface area contributed by atoms with Crippen LogP contribution < -0.4 is 10.2 Å². The first-order valence-electron chi connectivity index (χ1n) is 7.56. The van der Waals surface area contributed by atoms with Gasteiger partial charge in [0.15, 0.2) is 5.76 Å². The zero-order chi connectivity index (χ0) is 15.2. The summed E-state index contributed by atoms with van der Waals surface area (Å²) in [5, 5.41) is 2.85. The van der Waals surface area contributed by atoms with Gasteiger partial charge in [0.2, 0.25) is 0 Å². The second-order valence-electron chi connectivity index (χ2n) is 5.25. The van der Waals surface area contributed by atoms with Crippen LogP contribution in [0.4, 0.5) is 5.69 Å². The summed E-state index contributed by atoms with van der Waals surface area (Å²) in [4.78, 5) is 14.1. The molecule has 0 aliphatic carbocycles. The fraction of sp³-hybridized carbons (Fsp3) is 0.353. The highest BCUT2D eigenvalue weighted by Gasteiger charge is 2.11. The number of nitrogens with zero attached hydrogens (tertiary/aromatic N) is 1. The number of amides is 1. The Hall–Kier alpha value is -2.27. The van der Waals surface area contributed by atoms with Crippen LogP contribution in [0.25, 0.3) is 0 Å². The van der Waals surface area contributed by atoms with Crippen LogP contribution in [0.15, 0.2) is 47.1 Å². The second kappa shape index (κ2) is 7.13. The normalized spacial score (nSPS) is 14.8. The van der Waals surface area contributed by atoms with E-state index < -0.39 is 0 Å². The molecule has 1 aromatic carbocycles. The van der Waals surface area contributed by atoms with Crippen LogP contribution in [0.5, 0.6) is 0 Å². The van der Waals surface area contributed by atoms with Gasteiger partial charge in [-0.2, -0.15) is 0 Å². The van der Waals surface area contributed by atoms with E-state index in [9.17, 15) is 4.79 Å². The molecule has 1 N–H and O–H groups in total. The molecule has 1 amide bonds. The summed E-state index contributed by atoms with van der Waals surface area (Å²) in [6.07, 6.45) is 2.30. The quantitative estimate of drug-likeness (QED) is 0.918. The Labute approximate surface area is 129 Å². The van der Waals surface area contributed by atoms with Gasteiger partial charge in [-0.15, -0.1) is 0 Å². The third kappa shape index (κ3) is 3.68. The molecule has 5 nitrogen and oxygen atoms in total. The van der Waals surface area contributed by atoms with Gasteiger partial charge >= 0.3 is 0 Å². The van der Waals surface area contributed by atoms with Crippen molar-refractivity contribution in [1.29, 1.82) is 0 Å². The van der Waals surface area contributed by atoms with Crippen LogP contribution in [0.2, 0.25) is 0 Å². The molecule has 5 heteroatoms. The van der Waals surface area contributed by atoms with E-state index in [0.717, 1.165) is 32.7 Å². The number of carbonyl (C=O) groups excluding carboxylic acids is 1. The fourth-order valence-corrected chi connectivity index (χ4v) is 2.51. The molecule has 0 unspecified atom stereocenters. The zero-order valence-corrected chi connectivity index (χ0v) is 12.5. The highest BCUT2D eigenvalue weighted by Crippen LogP contribution is 2.16. The van der Waals surface area contributed by atoms with Crippen molar-refractivity contribution in [3.63, 3.8) is 0 Å². The highest BCUT2D eigenvalue weighted by atomic mass is 16.5. The SMILES string of the molecule is O=C(NCCc1ccc(N2CCOCC2)cc1)c1ccco1. The summed E-state index contributed by atoms with van der Waals surface area (Å²) in [5.74, 6) is 0.178. The van der Waals surface area contributed by atoms with Gasteiger partial charge in [0.25, 0.3) is 5.91 Å². The van der Waals surface area contributed by atoms with Crippen molar-refractivity contribution in [2.45, 2.75) is 6.42 Å². The van der Waals surface area contributed by atoms with Gasteiger partial charge in [-0.3, -0.25) is 4.79 Å². The minimum absolute atomic E-state index is 0.171. The minimum atomic E-state index is -0.171. The molecule has 2 heterocycles. The number of hydrogen-bond donors (Lipinski definition) is 1. The number of carbonyl (C=O) groups is 1. The van der Waals surface area contributed by atoms with Crippen LogP contribution in [0.3, 0.4) is 0 Å². The Bertz CT molecular complexity index is 587. The van der Waals surface area contributed by atoms with E-state index in [-0.39, 0.29) is 5.91 Å². The maximum Gasteiger partial charge on any atom is 0.286 e. The average Bonchev–Trinajstić information content (AvgIpc) is 3.11. The lowest BCUT2D eigenvalue weighted by molar-refractivity contribution is 0.0926. The molecule has 1 fully saturated rings. The van der Waals surface area contributed by atoms with Gasteiger partial charge in [0, 0.05) is 25.3 Å². The molecular formula is C17H20N2O3. The van der Waals surface area contributed by atoms with Crippen LogP contribution in [0.1, 0.15) is 16.1 Å². The van der Waals surface area contributed by atoms with E-state index in [4.69, 9.17) is 9.15 Å².